The van der Waals surface area contributed by atoms with Gasteiger partial charge in [0.25, 0.3) is 0 Å². The number of hydrogen-bond acceptors (Lipinski definition) is 2. The Morgan fingerprint density at radius 3 is 1.30 bits per heavy atom. The molecule has 1 aliphatic rings. The van der Waals surface area contributed by atoms with Crippen LogP contribution in [0.3, 0.4) is 0 Å². The van der Waals surface area contributed by atoms with Crippen molar-refractivity contribution in [2.24, 2.45) is 0 Å². The molecular formula is C8H12O2. The van der Waals surface area contributed by atoms with Gasteiger partial charge < -0.3 is 0 Å². The Balaban J connectivity index is 3.01. The van der Waals surface area contributed by atoms with Crippen LogP contribution in [0.4, 0.5) is 0 Å². The summed E-state index contributed by atoms with van der Waals surface area (Å²) >= 11 is 0. The molecule has 0 N–H and O–H groups in total. The third-order valence-electron chi connectivity index (χ3n) is 1.91. The smallest absolute Gasteiger partial charge is 0.155 e. The first-order valence-electron chi connectivity index (χ1n) is 3.32. The maximum absolute atomic E-state index is 4.89. The summed E-state index contributed by atoms with van der Waals surface area (Å²) in [5.74, 6) is 1.70. The van der Waals surface area contributed by atoms with Crippen molar-refractivity contribution in [3.05, 3.63) is 22.7 Å². The molecule has 0 unspecified atom stereocenters. The van der Waals surface area contributed by atoms with E-state index in [2.05, 4.69) is 0 Å². The molecule has 56 valence electrons. The maximum atomic E-state index is 4.89. The molecule has 0 saturated heterocycles. The predicted octanol–water partition coefficient (Wildman–Crippen LogP) is 2.54. The van der Waals surface area contributed by atoms with Crippen LogP contribution in [0.2, 0.25) is 0 Å². The van der Waals surface area contributed by atoms with Gasteiger partial charge in [0, 0.05) is 0 Å². The average molecular weight is 140 g/mol. The second kappa shape index (κ2) is 2.37. The van der Waals surface area contributed by atoms with Gasteiger partial charge in [-0.3, -0.25) is 9.78 Å². The summed E-state index contributed by atoms with van der Waals surface area (Å²) in [6.45, 7) is 7.84. The van der Waals surface area contributed by atoms with E-state index in [-0.39, 0.29) is 0 Å². The van der Waals surface area contributed by atoms with Crippen LogP contribution in [0.25, 0.3) is 0 Å². The Kier molecular flexibility index (Phi) is 1.70. The van der Waals surface area contributed by atoms with Crippen LogP contribution in [-0.2, 0) is 9.78 Å². The van der Waals surface area contributed by atoms with Crippen molar-refractivity contribution in [1.29, 1.82) is 0 Å². The molecule has 0 aliphatic carbocycles. The topological polar surface area (TPSA) is 18.5 Å². The molecule has 0 radical (unpaired) electrons. The summed E-state index contributed by atoms with van der Waals surface area (Å²) < 4.78 is 0. The van der Waals surface area contributed by atoms with E-state index in [4.69, 9.17) is 9.78 Å². The van der Waals surface area contributed by atoms with Gasteiger partial charge in [-0.05, 0) is 38.8 Å². The van der Waals surface area contributed by atoms with E-state index in [0.717, 1.165) is 11.5 Å². The fourth-order valence-corrected chi connectivity index (χ4v) is 0.778. The van der Waals surface area contributed by atoms with Crippen LogP contribution in [0.15, 0.2) is 22.7 Å². The fourth-order valence-electron chi connectivity index (χ4n) is 0.778. The molecule has 0 amide bonds. The largest absolute Gasteiger partial charge is 0.295 e. The first kappa shape index (κ1) is 7.19. The summed E-state index contributed by atoms with van der Waals surface area (Å²) in [5.41, 5.74) is 2.34. The summed E-state index contributed by atoms with van der Waals surface area (Å²) in [6, 6.07) is 0. The molecule has 1 rings (SSSR count). The van der Waals surface area contributed by atoms with Gasteiger partial charge in [0.1, 0.15) is 0 Å². The molecule has 0 aromatic carbocycles. The highest BCUT2D eigenvalue weighted by Gasteiger charge is 2.12. The van der Waals surface area contributed by atoms with Gasteiger partial charge in [-0.1, -0.05) is 0 Å². The molecule has 2 heteroatoms. The molecule has 0 bridgehead atoms. The van der Waals surface area contributed by atoms with Gasteiger partial charge in [-0.15, -0.1) is 0 Å². The Morgan fingerprint density at radius 2 is 1.00 bits per heavy atom. The molecule has 0 spiro atoms. The standard InChI is InChI=1S/C8H12O2/c1-5-6(2)8(4)10-9-7(5)3/h1-4H3. The highest BCUT2D eigenvalue weighted by Crippen LogP contribution is 2.24. The Morgan fingerprint density at radius 1 is 0.700 bits per heavy atom. The van der Waals surface area contributed by atoms with Gasteiger partial charge in [0.2, 0.25) is 0 Å². The number of hydrogen-bond donors (Lipinski definition) is 0. The lowest BCUT2D eigenvalue weighted by molar-refractivity contribution is -0.230. The minimum Gasteiger partial charge on any atom is -0.295 e. The first-order valence-corrected chi connectivity index (χ1v) is 3.32. The van der Waals surface area contributed by atoms with Crippen LogP contribution in [0.5, 0.6) is 0 Å². The van der Waals surface area contributed by atoms with Crippen molar-refractivity contribution in [2.75, 3.05) is 0 Å². The SMILES string of the molecule is CC1=C(C)C(C)=C(C)OO1. The molecule has 0 saturated carbocycles. The third-order valence-corrected chi connectivity index (χ3v) is 1.91. The molecular weight excluding hydrogens is 128 g/mol. The summed E-state index contributed by atoms with van der Waals surface area (Å²) in [6.07, 6.45) is 0. The van der Waals surface area contributed by atoms with Crippen LogP contribution < -0.4 is 0 Å². The zero-order valence-corrected chi connectivity index (χ0v) is 6.82. The Labute approximate surface area is 61.1 Å². The van der Waals surface area contributed by atoms with E-state index >= 15 is 0 Å². The van der Waals surface area contributed by atoms with E-state index in [1.165, 1.54) is 11.1 Å². The van der Waals surface area contributed by atoms with Crippen LogP contribution in [-0.4, -0.2) is 0 Å². The highest BCUT2D eigenvalue weighted by molar-refractivity contribution is 5.31. The van der Waals surface area contributed by atoms with E-state index < -0.39 is 0 Å². The summed E-state index contributed by atoms with van der Waals surface area (Å²) in [7, 11) is 0. The lowest BCUT2D eigenvalue weighted by Gasteiger charge is -2.17. The molecule has 1 aliphatic heterocycles. The minimum absolute atomic E-state index is 0.850. The minimum atomic E-state index is 0.850. The monoisotopic (exact) mass is 140 g/mol. The summed E-state index contributed by atoms with van der Waals surface area (Å²) in [5, 5.41) is 0. The van der Waals surface area contributed by atoms with Crippen molar-refractivity contribution in [3.8, 4) is 0 Å². The van der Waals surface area contributed by atoms with Crippen LogP contribution in [0.1, 0.15) is 27.7 Å². The summed E-state index contributed by atoms with van der Waals surface area (Å²) in [4.78, 5) is 9.79. The zero-order valence-electron chi connectivity index (χ0n) is 6.82. The van der Waals surface area contributed by atoms with Crippen molar-refractivity contribution in [1.82, 2.24) is 0 Å². The van der Waals surface area contributed by atoms with Gasteiger partial charge in [-0.2, -0.15) is 0 Å². The van der Waals surface area contributed by atoms with Gasteiger partial charge >= 0.3 is 0 Å². The molecule has 0 fully saturated rings. The second-order valence-corrected chi connectivity index (χ2v) is 2.53. The average Bonchev–Trinajstić information content (AvgIpc) is 1.93. The second-order valence-electron chi connectivity index (χ2n) is 2.53. The lowest BCUT2D eigenvalue weighted by atomic mass is 10.1. The zero-order chi connectivity index (χ0) is 7.72. The van der Waals surface area contributed by atoms with Crippen molar-refractivity contribution < 1.29 is 9.78 Å². The highest BCUT2D eigenvalue weighted by atomic mass is 17.2. The van der Waals surface area contributed by atoms with Crippen molar-refractivity contribution >= 4 is 0 Å². The fraction of sp³-hybridized carbons (Fsp3) is 0.500. The number of rotatable bonds is 0. The maximum Gasteiger partial charge on any atom is 0.155 e. The van der Waals surface area contributed by atoms with E-state index in [9.17, 15) is 0 Å². The molecule has 2 nitrogen and oxygen atoms in total. The normalized spacial score (nSPS) is 18.8. The third kappa shape index (κ3) is 1.01. The van der Waals surface area contributed by atoms with E-state index in [1.54, 1.807) is 0 Å². The van der Waals surface area contributed by atoms with Crippen molar-refractivity contribution in [2.45, 2.75) is 27.7 Å². The van der Waals surface area contributed by atoms with Gasteiger partial charge in [0.15, 0.2) is 11.5 Å². The van der Waals surface area contributed by atoms with Crippen LogP contribution >= 0.6 is 0 Å². The van der Waals surface area contributed by atoms with E-state index in [1.807, 2.05) is 27.7 Å². The number of allylic oxidation sites excluding steroid dienone is 4. The predicted molar refractivity (Wildman–Crippen MR) is 38.9 cm³/mol. The van der Waals surface area contributed by atoms with Crippen LogP contribution in [0, 0.1) is 0 Å². The first-order chi connectivity index (χ1) is 4.63. The Bertz CT molecular complexity index is 187. The lowest BCUT2D eigenvalue weighted by Crippen LogP contribution is -2.03. The molecule has 0 atom stereocenters. The molecule has 1 heterocycles. The van der Waals surface area contributed by atoms with E-state index in [0.29, 0.717) is 0 Å². The van der Waals surface area contributed by atoms with Crippen molar-refractivity contribution in [3.63, 3.8) is 0 Å². The molecule has 10 heavy (non-hydrogen) atoms. The molecule has 0 aromatic rings. The van der Waals surface area contributed by atoms with Gasteiger partial charge in [-0.25, -0.2) is 0 Å². The van der Waals surface area contributed by atoms with Gasteiger partial charge in [0.05, 0.1) is 0 Å². The quantitative estimate of drug-likeness (QED) is 0.481. The Hall–Kier alpha value is -0.920. The molecule has 0 aromatic heterocycles.